The van der Waals surface area contributed by atoms with Gasteiger partial charge in [0.2, 0.25) is 5.95 Å². The Labute approximate surface area is 167 Å². The maximum absolute atomic E-state index is 12.8. The van der Waals surface area contributed by atoms with Crippen molar-refractivity contribution < 1.29 is 19.5 Å². The normalized spacial score (nSPS) is 18.4. The van der Waals surface area contributed by atoms with Crippen molar-refractivity contribution in [2.24, 2.45) is 5.92 Å². The summed E-state index contributed by atoms with van der Waals surface area (Å²) in [5.41, 5.74) is 2.33. The molecule has 0 saturated heterocycles. The Morgan fingerprint density at radius 2 is 2.07 bits per heavy atom. The molecule has 1 aliphatic heterocycles. The first-order valence-corrected chi connectivity index (χ1v) is 9.35. The highest BCUT2D eigenvalue weighted by Crippen LogP contribution is 2.47. The molecule has 1 unspecified atom stereocenters. The van der Waals surface area contributed by atoms with Gasteiger partial charge in [-0.1, -0.05) is 38.1 Å². The average molecular weight is 394 g/mol. The minimum atomic E-state index is -1.00. The largest absolute Gasteiger partial charge is 0.453 e. The van der Waals surface area contributed by atoms with Crippen LogP contribution in [0.5, 0.6) is 0 Å². The van der Waals surface area contributed by atoms with E-state index in [1.165, 1.54) is 7.11 Å². The highest BCUT2D eigenvalue weighted by molar-refractivity contribution is 6.00. The fourth-order valence-corrected chi connectivity index (χ4v) is 4.09. The van der Waals surface area contributed by atoms with Crippen molar-refractivity contribution in [3.8, 4) is 0 Å². The minimum absolute atomic E-state index is 0.206. The Bertz CT molecular complexity index is 1110. The number of hydroxylamine groups is 2. The van der Waals surface area contributed by atoms with E-state index in [0.29, 0.717) is 23.0 Å². The van der Waals surface area contributed by atoms with Gasteiger partial charge in [0.15, 0.2) is 0 Å². The fourth-order valence-electron chi connectivity index (χ4n) is 4.09. The number of hydrogen-bond acceptors (Lipinski definition) is 5. The number of nitrogens with one attached hydrogen (secondary N) is 2. The van der Waals surface area contributed by atoms with Gasteiger partial charge in [-0.05, 0) is 41.7 Å². The molecule has 0 fully saturated rings. The predicted octanol–water partition coefficient (Wildman–Crippen LogP) is 3.88. The Kier molecular flexibility index (Phi) is 4.50. The molecule has 4 rings (SSSR count). The first-order valence-electron chi connectivity index (χ1n) is 9.35. The number of hydrogen-bond donors (Lipinski definition) is 3. The lowest BCUT2D eigenvalue weighted by Crippen LogP contribution is -2.43. The Morgan fingerprint density at radius 1 is 1.31 bits per heavy atom. The summed E-state index contributed by atoms with van der Waals surface area (Å²) in [6.45, 7) is 4.10. The second-order valence-corrected chi connectivity index (χ2v) is 7.55. The van der Waals surface area contributed by atoms with E-state index in [1.54, 1.807) is 18.2 Å². The van der Waals surface area contributed by atoms with Crippen molar-refractivity contribution in [1.82, 2.24) is 15.0 Å². The fraction of sp³-hybridized carbons (Fsp3) is 0.286. The van der Waals surface area contributed by atoms with Crippen molar-refractivity contribution in [1.29, 1.82) is 0 Å². The molecule has 0 aliphatic carbocycles. The van der Waals surface area contributed by atoms with Crippen LogP contribution in [0.1, 0.15) is 41.8 Å². The summed E-state index contributed by atoms with van der Waals surface area (Å²) >= 11 is 0. The van der Waals surface area contributed by atoms with Gasteiger partial charge in [-0.3, -0.25) is 15.3 Å². The number of anilines is 1. The quantitative estimate of drug-likeness (QED) is 0.582. The zero-order chi connectivity index (χ0) is 20.8. The van der Waals surface area contributed by atoms with Crippen molar-refractivity contribution in [3.63, 3.8) is 0 Å². The van der Waals surface area contributed by atoms with Crippen LogP contribution in [0.3, 0.4) is 0 Å². The van der Waals surface area contributed by atoms with E-state index in [-0.39, 0.29) is 11.9 Å². The molecule has 1 aromatic heterocycles. The summed E-state index contributed by atoms with van der Waals surface area (Å²) < 4.78 is 4.59. The molecule has 1 atom stereocenters. The van der Waals surface area contributed by atoms with E-state index < -0.39 is 17.5 Å². The van der Waals surface area contributed by atoms with Crippen LogP contribution in [-0.2, 0) is 10.3 Å². The Morgan fingerprint density at radius 3 is 2.79 bits per heavy atom. The number of carbonyl (C=O) groups excluding carboxylic acids is 2. The first kappa shape index (κ1) is 18.9. The Balaban J connectivity index is 1.88. The molecule has 3 aromatic rings. The van der Waals surface area contributed by atoms with Gasteiger partial charge in [0.1, 0.15) is 5.54 Å². The number of carbonyl (C=O) groups is 2. The molecule has 2 amide bonds. The van der Waals surface area contributed by atoms with Crippen LogP contribution in [0, 0.1) is 5.92 Å². The van der Waals surface area contributed by atoms with Crippen molar-refractivity contribution in [2.45, 2.75) is 25.8 Å². The Hall–Kier alpha value is -3.39. The molecule has 29 heavy (non-hydrogen) atoms. The molecular formula is C21H22N4O4. The monoisotopic (exact) mass is 394 g/mol. The highest BCUT2D eigenvalue weighted by atomic mass is 16.5. The minimum Gasteiger partial charge on any atom is -0.453 e. The number of aromatic amines is 1. The molecule has 8 nitrogen and oxygen atoms in total. The van der Waals surface area contributed by atoms with Crippen LogP contribution in [0.25, 0.3) is 11.0 Å². The predicted molar refractivity (Wildman–Crippen MR) is 107 cm³/mol. The van der Waals surface area contributed by atoms with Crippen LogP contribution in [-0.4, -0.2) is 39.3 Å². The highest BCUT2D eigenvalue weighted by Gasteiger charge is 2.51. The SMILES string of the molecule is COC(=O)Nc1nc2ccc(C3(CC(C)C)c4ccccc4C(=O)N3O)cc2[nH]1. The maximum Gasteiger partial charge on any atom is 0.413 e. The van der Waals surface area contributed by atoms with Crippen LogP contribution in [0.15, 0.2) is 42.5 Å². The van der Waals surface area contributed by atoms with Crippen molar-refractivity contribution in [3.05, 3.63) is 59.2 Å². The number of ether oxygens (including phenoxy) is 1. The zero-order valence-corrected chi connectivity index (χ0v) is 16.4. The standard InChI is InChI=1S/C21H22N4O4/c1-12(2)11-21(15-7-5-4-6-14(15)18(26)25(21)28)13-8-9-16-17(10-13)23-19(22-16)24-20(27)29-3/h4-10,12,28H,11H2,1-3H3,(H2,22,23,24,27). The number of rotatable bonds is 4. The number of amides is 2. The van der Waals surface area contributed by atoms with Crippen LogP contribution in [0.4, 0.5) is 10.7 Å². The summed E-state index contributed by atoms with van der Waals surface area (Å²) in [5, 5.41) is 14.3. The lowest BCUT2D eigenvalue weighted by Gasteiger charge is -2.37. The van der Waals surface area contributed by atoms with Gasteiger partial charge in [-0.25, -0.2) is 14.8 Å². The van der Waals surface area contributed by atoms with E-state index in [4.69, 9.17) is 0 Å². The molecule has 1 aliphatic rings. The van der Waals surface area contributed by atoms with E-state index in [9.17, 15) is 14.8 Å². The van der Waals surface area contributed by atoms with Crippen LogP contribution in [0.2, 0.25) is 0 Å². The molecule has 0 bridgehead atoms. The number of imidazole rings is 1. The van der Waals surface area contributed by atoms with Gasteiger partial charge in [0.05, 0.1) is 18.1 Å². The molecule has 0 radical (unpaired) electrons. The third-order valence-electron chi connectivity index (χ3n) is 5.23. The molecule has 150 valence electrons. The number of methoxy groups -OCH3 is 1. The third-order valence-corrected chi connectivity index (χ3v) is 5.23. The number of benzene rings is 2. The lowest BCUT2D eigenvalue weighted by molar-refractivity contribution is -0.119. The summed E-state index contributed by atoms with van der Waals surface area (Å²) in [6, 6.07) is 12.8. The summed E-state index contributed by atoms with van der Waals surface area (Å²) in [6.07, 6.45) is -0.0866. The van der Waals surface area contributed by atoms with Crippen LogP contribution >= 0.6 is 0 Å². The maximum atomic E-state index is 12.8. The van der Waals surface area contributed by atoms with Crippen LogP contribution < -0.4 is 5.32 Å². The van der Waals surface area contributed by atoms with E-state index in [1.807, 2.05) is 38.1 Å². The van der Waals surface area contributed by atoms with E-state index in [0.717, 1.165) is 16.2 Å². The lowest BCUT2D eigenvalue weighted by atomic mass is 9.77. The molecular weight excluding hydrogens is 372 g/mol. The summed E-state index contributed by atoms with van der Waals surface area (Å²) in [5.74, 6) is 0.0438. The molecule has 3 N–H and O–H groups in total. The van der Waals surface area contributed by atoms with Crippen molar-refractivity contribution >= 4 is 29.0 Å². The van der Waals surface area contributed by atoms with Gasteiger partial charge >= 0.3 is 6.09 Å². The average Bonchev–Trinajstić information content (AvgIpc) is 3.20. The number of aromatic nitrogens is 2. The first-order chi connectivity index (χ1) is 13.9. The number of fused-ring (bicyclic) bond motifs is 2. The molecule has 8 heteroatoms. The van der Waals surface area contributed by atoms with E-state index >= 15 is 0 Å². The molecule has 0 saturated carbocycles. The number of nitrogens with zero attached hydrogens (tertiary/aromatic N) is 2. The summed E-state index contributed by atoms with van der Waals surface area (Å²) in [7, 11) is 1.27. The van der Waals surface area contributed by atoms with Crippen molar-refractivity contribution in [2.75, 3.05) is 12.4 Å². The van der Waals surface area contributed by atoms with E-state index in [2.05, 4.69) is 20.0 Å². The van der Waals surface area contributed by atoms with Gasteiger partial charge in [-0.15, -0.1) is 0 Å². The van der Waals surface area contributed by atoms with Gasteiger partial charge < -0.3 is 9.72 Å². The third kappa shape index (κ3) is 2.92. The smallest absolute Gasteiger partial charge is 0.413 e. The topological polar surface area (TPSA) is 108 Å². The zero-order valence-electron chi connectivity index (χ0n) is 16.4. The second-order valence-electron chi connectivity index (χ2n) is 7.55. The molecule has 2 heterocycles. The van der Waals surface area contributed by atoms with Gasteiger partial charge in [0, 0.05) is 5.56 Å². The molecule has 2 aromatic carbocycles. The van der Waals surface area contributed by atoms with Gasteiger partial charge in [0.25, 0.3) is 5.91 Å². The molecule has 0 spiro atoms. The number of H-pyrrole nitrogens is 1. The summed E-state index contributed by atoms with van der Waals surface area (Å²) in [4.78, 5) is 31.6. The van der Waals surface area contributed by atoms with Gasteiger partial charge in [-0.2, -0.15) is 0 Å². The second kappa shape index (κ2) is 6.89.